The van der Waals surface area contributed by atoms with Gasteiger partial charge in [-0.05, 0) is 32.6 Å². The van der Waals surface area contributed by atoms with Crippen LogP contribution in [0.4, 0.5) is 4.79 Å². The number of rotatable bonds is 3. The normalized spacial score (nSPS) is 22.7. The van der Waals surface area contributed by atoms with E-state index in [0.717, 1.165) is 0 Å². The highest BCUT2D eigenvalue weighted by Gasteiger charge is 2.33. The maximum absolute atomic E-state index is 12.2. The quantitative estimate of drug-likeness (QED) is 0.757. The number of hydrogen-bond acceptors (Lipinski definition) is 2. The van der Waals surface area contributed by atoms with Crippen LogP contribution in [0.25, 0.3) is 0 Å². The summed E-state index contributed by atoms with van der Waals surface area (Å²) in [6.07, 6.45) is 12.4. The van der Waals surface area contributed by atoms with E-state index in [1.54, 1.807) is 0 Å². The van der Waals surface area contributed by atoms with Crippen LogP contribution in [0.2, 0.25) is 0 Å². The predicted molar refractivity (Wildman–Crippen MR) is 72.6 cm³/mol. The van der Waals surface area contributed by atoms with E-state index >= 15 is 0 Å². The van der Waals surface area contributed by atoms with Crippen LogP contribution in [-0.2, 0) is 4.74 Å². The molecule has 0 unspecified atom stereocenters. The van der Waals surface area contributed by atoms with Crippen LogP contribution in [0.3, 0.4) is 0 Å². The molecule has 1 amide bonds. The Kier molecular flexibility index (Phi) is 5.33. The molecule has 2 saturated carbocycles. The van der Waals surface area contributed by atoms with Crippen molar-refractivity contribution in [3.05, 3.63) is 0 Å². The average molecular weight is 253 g/mol. The predicted octanol–water partition coefficient (Wildman–Crippen LogP) is 4.11. The van der Waals surface area contributed by atoms with Crippen molar-refractivity contribution >= 4 is 6.09 Å². The molecule has 3 nitrogen and oxygen atoms in total. The second kappa shape index (κ2) is 7.01. The fraction of sp³-hybridized carbons (Fsp3) is 0.933. The van der Waals surface area contributed by atoms with E-state index in [-0.39, 0.29) is 6.09 Å². The lowest BCUT2D eigenvalue weighted by atomic mass is 9.89. The average Bonchev–Trinajstić information content (AvgIpc) is 2.42. The number of carbonyl (C=O) groups is 1. The lowest BCUT2D eigenvalue weighted by molar-refractivity contribution is 0.0484. The molecule has 0 heterocycles. The summed E-state index contributed by atoms with van der Waals surface area (Å²) < 4.78 is 5.30. The third-order valence-corrected chi connectivity index (χ3v) is 4.41. The summed E-state index contributed by atoms with van der Waals surface area (Å²) in [6, 6.07) is 0.891. The molecule has 0 bridgehead atoms. The van der Waals surface area contributed by atoms with Gasteiger partial charge in [0.1, 0.15) is 0 Å². The minimum atomic E-state index is -0.0590. The topological polar surface area (TPSA) is 29.5 Å². The summed E-state index contributed by atoms with van der Waals surface area (Å²) in [5, 5.41) is 0. The Morgan fingerprint density at radius 2 is 1.39 bits per heavy atom. The maximum Gasteiger partial charge on any atom is 0.410 e. The molecule has 0 radical (unpaired) electrons. The molecule has 0 aliphatic heterocycles. The lowest BCUT2D eigenvalue weighted by Crippen LogP contribution is -2.49. The monoisotopic (exact) mass is 253 g/mol. The molecule has 0 saturated heterocycles. The fourth-order valence-electron chi connectivity index (χ4n) is 3.51. The first-order chi connectivity index (χ1) is 8.83. The van der Waals surface area contributed by atoms with Gasteiger partial charge in [0.2, 0.25) is 0 Å². The van der Waals surface area contributed by atoms with E-state index in [4.69, 9.17) is 4.74 Å². The summed E-state index contributed by atoms with van der Waals surface area (Å²) in [7, 11) is 0. The highest BCUT2D eigenvalue weighted by atomic mass is 16.6. The zero-order valence-corrected chi connectivity index (χ0v) is 11.7. The molecule has 104 valence electrons. The smallest absolute Gasteiger partial charge is 0.410 e. The molecule has 3 heteroatoms. The van der Waals surface area contributed by atoms with Crippen LogP contribution < -0.4 is 0 Å². The SMILES string of the molecule is CCOC(=O)N(C1CCCCC1)C1CCCCC1. The van der Waals surface area contributed by atoms with Gasteiger partial charge >= 0.3 is 6.09 Å². The van der Waals surface area contributed by atoms with Gasteiger partial charge in [-0.25, -0.2) is 4.79 Å². The van der Waals surface area contributed by atoms with Gasteiger partial charge in [0.15, 0.2) is 0 Å². The van der Waals surface area contributed by atoms with Gasteiger partial charge in [-0.15, -0.1) is 0 Å². The van der Waals surface area contributed by atoms with E-state index in [0.29, 0.717) is 18.7 Å². The Bertz CT molecular complexity index is 237. The molecular formula is C15H27NO2. The van der Waals surface area contributed by atoms with Crippen molar-refractivity contribution in [2.24, 2.45) is 0 Å². The van der Waals surface area contributed by atoms with Gasteiger partial charge in [-0.2, -0.15) is 0 Å². The van der Waals surface area contributed by atoms with Crippen LogP contribution in [0.1, 0.15) is 71.1 Å². The number of carbonyl (C=O) groups excluding carboxylic acids is 1. The standard InChI is InChI=1S/C15H27NO2/c1-2-18-15(17)16(13-9-5-3-6-10-13)14-11-7-4-8-12-14/h13-14H,2-12H2,1H3. The van der Waals surface area contributed by atoms with Gasteiger partial charge in [0.05, 0.1) is 6.61 Å². The molecule has 0 aromatic carbocycles. The summed E-state index contributed by atoms with van der Waals surface area (Å²) in [5.74, 6) is 0. The summed E-state index contributed by atoms with van der Waals surface area (Å²) in [4.78, 5) is 14.4. The molecule has 0 N–H and O–H groups in total. The van der Waals surface area contributed by atoms with Crippen molar-refractivity contribution in [3.63, 3.8) is 0 Å². The van der Waals surface area contributed by atoms with Crippen molar-refractivity contribution in [2.45, 2.75) is 83.2 Å². The van der Waals surface area contributed by atoms with Crippen molar-refractivity contribution in [1.82, 2.24) is 4.90 Å². The van der Waals surface area contributed by atoms with Gasteiger partial charge in [-0.3, -0.25) is 0 Å². The third kappa shape index (κ3) is 3.39. The van der Waals surface area contributed by atoms with Gasteiger partial charge in [0, 0.05) is 12.1 Å². The Labute approximate surface area is 111 Å². The van der Waals surface area contributed by atoms with Crippen molar-refractivity contribution in [3.8, 4) is 0 Å². The van der Waals surface area contributed by atoms with E-state index in [2.05, 4.69) is 4.90 Å². The molecule has 18 heavy (non-hydrogen) atoms. The van der Waals surface area contributed by atoms with E-state index in [1.807, 2.05) is 6.92 Å². The van der Waals surface area contributed by atoms with Gasteiger partial charge < -0.3 is 9.64 Å². The number of amides is 1. The van der Waals surface area contributed by atoms with Gasteiger partial charge in [0.25, 0.3) is 0 Å². The van der Waals surface area contributed by atoms with Crippen LogP contribution in [-0.4, -0.2) is 29.7 Å². The first-order valence-electron chi connectivity index (χ1n) is 7.78. The zero-order chi connectivity index (χ0) is 12.8. The Hall–Kier alpha value is -0.730. The second-order valence-electron chi connectivity index (χ2n) is 5.69. The lowest BCUT2D eigenvalue weighted by Gasteiger charge is -2.40. The number of nitrogens with zero attached hydrogens (tertiary/aromatic N) is 1. The number of hydrogen-bond donors (Lipinski definition) is 0. The molecule has 0 aromatic rings. The summed E-state index contributed by atoms with van der Waals surface area (Å²) in [6.45, 7) is 2.40. The molecule has 0 atom stereocenters. The third-order valence-electron chi connectivity index (χ3n) is 4.41. The highest BCUT2D eigenvalue weighted by Crippen LogP contribution is 2.30. The van der Waals surface area contributed by atoms with Gasteiger partial charge in [-0.1, -0.05) is 38.5 Å². The molecule has 2 aliphatic rings. The van der Waals surface area contributed by atoms with E-state index in [1.165, 1.54) is 64.2 Å². The largest absolute Gasteiger partial charge is 0.450 e. The molecule has 0 aromatic heterocycles. The molecule has 2 rings (SSSR count). The number of ether oxygens (including phenoxy) is 1. The summed E-state index contributed by atoms with van der Waals surface area (Å²) in [5.41, 5.74) is 0. The minimum absolute atomic E-state index is 0.0590. The Morgan fingerprint density at radius 1 is 0.944 bits per heavy atom. The molecule has 0 spiro atoms. The van der Waals surface area contributed by atoms with Crippen LogP contribution >= 0.6 is 0 Å². The van der Waals surface area contributed by atoms with Crippen LogP contribution in [0.5, 0.6) is 0 Å². The Balaban J connectivity index is 2.02. The minimum Gasteiger partial charge on any atom is -0.450 e. The first-order valence-corrected chi connectivity index (χ1v) is 7.78. The summed E-state index contributed by atoms with van der Waals surface area (Å²) >= 11 is 0. The zero-order valence-electron chi connectivity index (χ0n) is 11.7. The van der Waals surface area contributed by atoms with Crippen molar-refractivity contribution in [2.75, 3.05) is 6.61 Å². The first kappa shape index (κ1) is 13.7. The fourth-order valence-corrected chi connectivity index (χ4v) is 3.51. The second-order valence-corrected chi connectivity index (χ2v) is 5.69. The molecule has 2 aliphatic carbocycles. The van der Waals surface area contributed by atoms with Crippen LogP contribution in [0, 0.1) is 0 Å². The Morgan fingerprint density at radius 3 is 1.78 bits per heavy atom. The van der Waals surface area contributed by atoms with E-state index in [9.17, 15) is 4.79 Å². The van der Waals surface area contributed by atoms with Crippen LogP contribution in [0.15, 0.2) is 0 Å². The molecule has 2 fully saturated rings. The highest BCUT2D eigenvalue weighted by molar-refractivity contribution is 5.68. The maximum atomic E-state index is 12.2. The van der Waals surface area contributed by atoms with E-state index < -0.39 is 0 Å². The van der Waals surface area contributed by atoms with Crippen molar-refractivity contribution < 1.29 is 9.53 Å². The molecular weight excluding hydrogens is 226 g/mol. The van der Waals surface area contributed by atoms with Crippen molar-refractivity contribution in [1.29, 1.82) is 0 Å².